The third-order valence-electron chi connectivity index (χ3n) is 3.68. The molecule has 1 heterocycles. The number of anilines is 1. The highest BCUT2D eigenvalue weighted by atomic mass is 16.6. The van der Waals surface area contributed by atoms with Gasteiger partial charge in [0.15, 0.2) is 5.57 Å². The summed E-state index contributed by atoms with van der Waals surface area (Å²) in [6.07, 6.45) is 0. The number of ether oxygens (including phenoxy) is 3. The second-order valence-electron chi connectivity index (χ2n) is 5.37. The van der Waals surface area contributed by atoms with Crippen molar-refractivity contribution in [1.82, 2.24) is 5.32 Å². The number of urea groups is 1. The number of nitrogens with one attached hydrogen (secondary N) is 1. The van der Waals surface area contributed by atoms with E-state index in [2.05, 4.69) is 5.32 Å². The Morgan fingerprint density at radius 3 is 2.21 bits per heavy atom. The molecule has 0 spiro atoms. The summed E-state index contributed by atoms with van der Waals surface area (Å²) in [6, 6.07) is 2.22. The number of imide groups is 1. The Bertz CT molecular complexity index is 903. The molecule has 1 N–H and O–H groups in total. The number of nitro groups is 1. The third-order valence-corrected chi connectivity index (χ3v) is 3.68. The van der Waals surface area contributed by atoms with Gasteiger partial charge in [0.25, 0.3) is 11.6 Å². The predicted molar refractivity (Wildman–Crippen MR) is 96.0 cm³/mol. The number of hydrogen-bond acceptors (Lipinski definition) is 9. The van der Waals surface area contributed by atoms with Crippen LogP contribution in [0.2, 0.25) is 0 Å². The van der Waals surface area contributed by atoms with Crippen LogP contribution in [0.25, 0.3) is 0 Å². The molecule has 1 fully saturated rings. The van der Waals surface area contributed by atoms with Gasteiger partial charge >= 0.3 is 18.0 Å². The summed E-state index contributed by atoms with van der Waals surface area (Å²) in [5.41, 5.74) is -1.85. The zero-order valence-electron chi connectivity index (χ0n) is 15.7. The Morgan fingerprint density at radius 2 is 1.72 bits per heavy atom. The van der Waals surface area contributed by atoms with Crippen molar-refractivity contribution >= 4 is 35.3 Å². The summed E-state index contributed by atoms with van der Waals surface area (Å²) in [5, 5.41) is 13.1. The number of methoxy groups -OCH3 is 1. The lowest BCUT2D eigenvalue weighted by atomic mass is 10.2. The summed E-state index contributed by atoms with van der Waals surface area (Å²) in [4.78, 5) is 60.4. The highest BCUT2D eigenvalue weighted by molar-refractivity contribution is 6.32. The van der Waals surface area contributed by atoms with Crippen molar-refractivity contribution in [1.29, 1.82) is 0 Å². The minimum atomic E-state index is -1.15. The van der Waals surface area contributed by atoms with Crippen LogP contribution in [-0.2, 0) is 23.9 Å². The molecule has 1 saturated heterocycles. The molecule has 0 atom stereocenters. The van der Waals surface area contributed by atoms with Crippen LogP contribution in [0.15, 0.2) is 29.5 Å². The summed E-state index contributed by atoms with van der Waals surface area (Å²) >= 11 is 0. The molecule has 3 amide bonds. The fourth-order valence-electron chi connectivity index (χ4n) is 2.47. The number of nitrogens with zero attached hydrogens (tertiary/aromatic N) is 2. The molecule has 0 aromatic heterocycles. The number of carbonyl (C=O) groups is 4. The van der Waals surface area contributed by atoms with E-state index in [0.717, 1.165) is 18.2 Å². The fraction of sp³-hybridized carbons (Fsp3) is 0.294. The first-order valence-corrected chi connectivity index (χ1v) is 8.33. The van der Waals surface area contributed by atoms with E-state index in [1.54, 1.807) is 0 Å². The average Bonchev–Trinajstić information content (AvgIpc) is 2.95. The zero-order chi connectivity index (χ0) is 21.7. The monoisotopic (exact) mass is 407 g/mol. The van der Waals surface area contributed by atoms with Crippen LogP contribution in [-0.4, -0.2) is 49.1 Å². The lowest BCUT2D eigenvalue weighted by molar-refractivity contribution is -0.384. The molecule has 12 heteroatoms. The predicted octanol–water partition coefficient (Wildman–Crippen LogP) is 1.04. The van der Waals surface area contributed by atoms with Crippen molar-refractivity contribution < 1.29 is 38.3 Å². The highest BCUT2D eigenvalue weighted by Crippen LogP contribution is 2.35. The largest absolute Gasteiger partial charge is 0.494 e. The van der Waals surface area contributed by atoms with Gasteiger partial charge in [-0.05, 0) is 19.9 Å². The van der Waals surface area contributed by atoms with Gasteiger partial charge in [-0.2, -0.15) is 0 Å². The number of benzene rings is 1. The van der Waals surface area contributed by atoms with E-state index < -0.39 is 40.1 Å². The van der Waals surface area contributed by atoms with Crippen LogP contribution in [0.4, 0.5) is 16.2 Å². The van der Waals surface area contributed by atoms with Gasteiger partial charge in [0.1, 0.15) is 11.4 Å². The summed E-state index contributed by atoms with van der Waals surface area (Å²) in [7, 11) is 1.19. The third kappa shape index (κ3) is 4.15. The van der Waals surface area contributed by atoms with E-state index in [-0.39, 0.29) is 30.3 Å². The molecule has 1 aromatic carbocycles. The smallest absolute Gasteiger partial charge is 0.347 e. The topological polar surface area (TPSA) is 154 Å². The number of nitro benzene ring substituents is 1. The molecule has 29 heavy (non-hydrogen) atoms. The van der Waals surface area contributed by atoms with Crippen LogP contribution < -0.4 is 15.0 Å². The lowest BCUT2D eigenvalue weighted by Gasteiger charge is -2.15. The van der Waals surface area contributed by atoms with E-state index in [4.69, 9.17) is 14.2 Å². The van der Waals surface area contributed by atoms with Crippen molar-refractivity contribution in [2.24, 2.45) is 0 Å². The molecule has 1 aromatic rings. The first kappa shape index (κ1) is 21.3. The Hall–Kier alpha value is -3.96. The quantitative estimate of drug-likeness (QED) is 0.133. The summed E-state index contributed by atoms with van der Waals surface area (Å²) in [6.45, 7) is 2.82. The molecule has 1 aliphatic heterocycles. The zero-order valence-corrected chi connectivity index (χ0v) is 15.7. The van der Waals surface area contributed by atoms with E-state index >= 15 is 0 Å². The van der Waals surface area contributed by atoms with Crippen LogP contribution in [0.1, 0.15) is 13.8 Å². The van der Waals surface area contributed by atoms with Crippen molar-refractivity contribution in [3.05, 3.63) is 39.6 Å². The van der Waals surface area contributed by atoms with Crippen LogP contribution in [0, 0.1) is 10.1 Å². The Balaban J connectivity index is 2.57. The standard InChI is InChI=1S/C17H17N3O9/c1-4-28-15(22)12(16(23)29-5-2)13-14(21)19(17(24)18-13)10-7-6-9(20(25)26)8-11(10)27-3/h6-8H,4-5H2,1-3H3,(H,18,24). The molecular formula is C17H17N3O9. The number of hydrogen-bond donors (Lipinski definition) is 1. The number of rotatable bonds is 7. The van der Waals surface area contributed by atoms with E-state index in [9.17, 15) is 29.3 Å². The SMILES string of the molecule is CCOC(=O)C(C(=O)OCC)=C1NC(=O)N(c2ccc([N+](=O)[O-])cc2OC)C1=O. The van der Waals surface area contributed by atoms with Crippen molar-refractivity contribution in [2.45, 2.75) is 13.8 Å². The van der Waals surface area contributed by atoms with Gasteiger partial charge in [-0.3, -0.25) is 14.9 Å². The molecule has 1 aliphatic rings. The first-order chi connectivity index (χ1) is 13.8. The Morgan fingerprint density at radius 1 is 1.14 bits per heavy atom. The van der Waals surface area contributed by atoms with Crippen molar-refractivity contribution in [2.75, 3.05) is 25.2 Å². The van der Waals surface area contributed by atoms with Crippen LogP contribution >= 0.6 is 0 Å². The Kier molecular flexibility index (Phi) is 6.49. The van der Waals surface area contributed by atoms with Crippen LogP contribution in [0.5, 0.6) is 5.75 Å². The van der Waals surface area contributed by atoms with E-state index in [1.165, 1.54) is 21.0 Å². The van der Waals surface area contributed by atoms with Gasteiger partial charge in [0.05, 0.1) is 37.0 Å². The van der Waals surface area contributed by atoms with Gasteiger partial charge in [0.2, 0.25) is 0 Å². The Labute approximate surface area is 164 Å². The number of non-ortho nitro benzene ring substituents is 1. The van der Waals surface area contributed by atoms with E-state index in [0.29, 0.717) is 4.90 Å². The minimum absolute atomic E-state index is 0.0863. The molecule has 0 aliphatic carbocycles. The molecule has 0 unspecified atom stereocenters. The van der Waals surface area contributed by atoms with E-state index in [1.807, 2.05) is 0 Å². The molecule has 12 nitrogen and oxygen atoms in total. The number of carbonyl (C=O) groups excluding carboxylic acids is 4. The molecule has 0 saturated carbocycles. The molecule has 0 radical (unpaired) electrons. The van der Waals surface area contributed by atoms with Gasteiger partial charge in [0, 0.05) is 6.07 Å². The summed E-state index contributed by atoms with van der Waals surface area (Å²) in [5.74, 6) is -3.49. The second kappa shape index (κ2) is 8.82. The minimum Gasteiger partial charge on any atom is -0.494 e. The maximum absolute atomic E-state index is 12.8. The van der Waals surface area contributed by atoms with Crippen molar-refractivity contribution in [3.8, 4) is 5.75 Å². The van der Waals surface area contributed by atoms with Crippen LogP contribution in [0.3, 0.4) is 0 Å². The first-order valence-electron chi connectivity index (χ1n) is 8.33. The average molecular weight is 407 g/mol. The van der Waals surface area contributed by atoms with Gasteiger partial charge in [-0.1, -0.05) is 0 Å². The normalized spacial score (nSPS) is 13.1. The number of amides is 3. The second-order valence-corrected chi connectivity index (χ2v) is 5.37. The number of esters is 2. The maximum atomic E-state index is 12.8. The van der Waals surface area contributed by atoms with Crippen molar-refractivity contribution in [3.63, 3.8) is 0 Å². The molecule has 154 valence electrons. The fourth-order valence-corrected chi connectivity index (χ4v) is 2.47. The highest BCUT2D eigenvalue weighted by Gasteiger charge is 2.42. The van der Waals surface area contributed by atoms with Gasteiger partial charge < -0.3 is 19.5 Å². The summed E-state index contributed by atoms with van der Waals surface area (Å²) < 4.78 is 14.6. The van der Waals surface area contributed by atoms with Gasteiger partial charge in [-0.15, -0.1) is 0 Å². The lowest BCUT2D eigenvalue weighted by Crippen LogP contribution is -2.31. The maximum Gasteiger partial charge on any atom is 0.347 e. The molecule has 2 rings (SSSR count). The van der Waals surface area contributed by atoms with Gasteiger partial charge in [-0.25, -0.2) is 19.3 Å². The molecule has 0 bridgehead atoms. The molecular weight excluding hydrogens is 390 g/mol.